The summed E-state index contributed by atoms with van der Waals surface area (Å²) in [6.07, 6.45) is 0. The monoisotopic (exact) mass is 398 g/mol. The van der Waals surface area contributed by atoms with Crippen LogP contribution in [-0.2, 0) is 13.1 Å². The first kappa shape index (κ1) is 17.9. The molecule has 1 aromatic carbocycles. The van der Waals surface area contributed by atoms with Gasteiger partial charge in [-0.1, -0.05) is 29.8 Å². The Labute approximate surface area is 148 Å². The highest BCUT2D eigenvalue weighted by atomic mass is 79.9. The molecule has 0 saturated carbocycles. The lowest BCUT2D eigenvalue weighted by atomic mass is 10.2. The van der Waals surface area contributed by atoms with Crippen LogP contribution in [0.15, 0.2) is 33.0 Å². The van der Waals surface area contributed by atoms with Crippen molar-refractivity contribution >= 4 is 33.2 Å². The van der Waals surface area contributed by atoms with Crippen LogP contribution < -0.4 is 10.6 Å². The first-order valence-electron chi connectivity index (χ1n) is 7.31. The quantitative estimate of drug-likeness (QED) is 0.590. The van der Waals surface area contributed by atoms with Gasteiger partial charge in [0, 0.05) is 23.4 Å². The molecule has 23 heavy (non-hydrogen) atoms. The van der Waals surface area contributed by atoms with Crippen LogP contribution in [0, 0.1) is 5.82 Å². The van der Waals surface area contributed by atoms with Crippen molar-refractivity contribution in [3.63, 3.8) is 0 Å². The van der Waals surface area contributed by atoms with Crippen LogP contribution in [-0.4, -0.2) is 18.0 Å². The maximum atomic E-state index is 13.4. The van der Waals surface area contributed by atoms with Gasteiger partial charge in [-0.25, -0.2) is 9.37 Å². The molecule has 0 spiro atoms. The van der Waals surface area contributed by atoms with E-state index in [9.17, 15) is 4.39 Å². The van der Waals surface area contributed by atoms with Crippen molar-refractivity contribution in [3.05, 3.63) is 50.1 Å². The lowest BCUT2D eigenvalue weighted by Crippen LogP contribution is -2.36. The van der Waals surface area contributed by atoms with Gasteiger partial charge in [0.2, 0.25) is 0 Å². The first-order valence-corrected chi connectivity index (χ1v) is 8.99. The minimum absolute atomic E-state index is 0.261. The summed E-state index contributed by atoms with van der Waals surface area (Å²) < 4.78 is 14.1. The molecule has 124 valence electrons. The smallest absolute Gasteiger partial charge is 0.191 e. The Morgan fingerprint density at radius 3 is 2.65 bits per heavy atom. The third-order valence-corrected chi connectivity index (χ3v) is 4.50. The Balaban J connectivity index is 1.87. The summed E-state index contributed by atoms with van der Waals surface area (Å²) in [6, 6.07) is 4.81. The van der Waals surface area contributed by atoms with E-state index >= 15 is 0 Å². The van der Waals surface area contributed by atoms with E-state index < -0.39 is 0 Å². The molecule has 0 aliphatic carbocycles. The van der Waals surface area contributed by atoms with Crippen molar-refractivity contribution in [1.82, 2.24) is 15.6 Å². The predicted molar refractivity (Wildman–Crippen MR) is 97.3 cm³/mol. The van der Waals surface area contributed by atoms with Gasteiger partial charge < -0.3 is 10.6 Å². The Hall–Kier alpha value is -1.47. The fourth-order valence-electron chi connectivity index (χ4n) is 1.95. The standard InChI is InChI=1S/C16H20BrFN4S/c1-10(2)14-9-23-15(22-14)8-21-16(19-3)20-7-11-4-12(17)6-13(18)5-11/h4-6,9-10H,7-8H2,1-3H3,(H2,19,20,21). The number of nitrogens with zero attached hydrogens (tertiary/aromatic N) is 2. The molecule has 1 aromatic heterocycles. The Kier molecular flexibility index (Phi) is 6.53. The van der Waals surface area contributed by atoms with E-state index in [1.807, 2.05) is 6.07 Å². The van der Waals surface area contributed by atoms with Crippen LogP contribution >= 0.6 is 27.3 Å². The summed E-state index contributed by atoms with van der Waals surface area (Å²) >= 11 is 4.93. The number of aromatic nitrogens is 1. The lowest BCUT2D eigenvalue weighted by Gasteiger charge is -2.11. The number of nitrogens with one attached hydrogen (secondary N) is 2. The summed E-state index contributed by atoms with van der Waals surface area (Å²) in [5, 5.41) is 9.49. The molecular formula is C16H20BrFN4S. The second-order valence-electron chi connectivity index (χ2n) is 5.38. The molecule has 2 N–H and O–H groups in total. The van der Waals surface area contributed by atoms with Crippen molar-refractivity contribution in [1.29, 1.82) is 0 Å². The molecule has 0 saturated heterocycles. The van der Waals surface area contributed by atoms with Gasteiger partial charge in [-0.3, -0.25) is 4.99 Å². The molecule has 0 radical (unpaired) electrons. The van der Waals surface area contributed by atoms with Crippen LogP contribution in [0.3, 0.4) is 0 Å². The van der Waals surface area contributed by atoms with Gasteiger partial charge in [-0.2, -0.15) is 0 Å². The van der Waals surface area contributed by atoms with Crippen molar-refractivity contribution in [3.8, 4) is 0 Å². The summed E-state index contributed by atoms with van der Waals surface area (Å²) in [5.41, 5.74) is 1.95. The summed E-state index contributed by atoms with van der Waals surface area (Å²) in [6.45, 7) is 5.36. The Bertz CT molecular complexity index is 664. The number of hydrogen-bond acceptors (Lipinski definition) is 3. The fraction of sp³-hybridized carbons (Fsp3) is 0.375. The van der Waals surface area contributed by atoms with E-state index in [0.29, 0.717) is 25.0 Å². The van der Waals surface area contributed by atoms with Gasteiger partial charge in [0.25, 0.3) is 0 Å². The third-order valence-electron chi connectivity index (χ3n) is 3.17. The second-order valence-corrected chi connectivity index (χ2v) is 7.24. The van der Waals surface area contributed by atoms with Gasteiger partial charge in [-0.15, -0.1) is 11.3 Å². The molecule has 2 aromatic rings. The van der Waals surface area contributed by atoms with Gasteiger partial charge in [0.1, 0.15) is 10.8 Å². The molecule has 0 aliphatic rings. The van der Waals surface area contributed by atoms with Gasteiger partial charge in [-0.05, 0) is 29.7 Å². The fourth-order valence-corrected chi connectivity index (χ4v) is 3.36. The van der Waals surface area contributed by atoms with E-state index in [1.165, 1.54) is 12.1 Å². The van der Waals surface area contributed by atoms with Gasteiger partial charge in [0.15, 0.2) is 5.96 Å². The van der Waals surface area contributed by atoms with Gasteiger partial charge in [0.05, 0.1) is 12.2 Å². The largest absolute Gasteiger partial charge is 0.352 e. The van der Waals surface area contributed by atoms with Crippen molar-refractivity contribution in [2.75, 3.05) is 7.05 Å². The molecule has 0 fully saturated rings. The molecule has 4 nitrogen and oxygen atoms in total. The molecule has 0 bridgehead atoms. The van der Waals surface area contributed by atoms with Crippen molar-refractivity contribution in [2.45, 2.75) is 32.9 Å². The molecule has 1 heterocycles. The van der Waals surface area contributed by atoms with Crippen LogP contribution in [0.25, 0.3) is 0 Å². The average molecular weight is 399 g/mol. The molecule has 7 heteroatoms. The van der Waals surface area contributed by atoms with Crippen LogP contribution in [0.5, 0.6) is 0 Å². The minimum atomic E-state index is -0.261. The number of aliphatic imine (C=N–C) groups is 1. The first-order chi connectivity index (χ1) is 11.0. The maximum Gasteiger partial charge on any atom is 0.191 e. The summed E-state index contributed by atoms with van der Waals surface area (Å²) in [7, 11) is 1.71. The van der Waals surface area contributed by atoms with E-state index in [2.05, 4.69) is 55.8 Å². The van der Waals surface area contributed by atoms with Crippen LogP contribution in [0.4, 0.5) is 4.39 Å². The number of benzene rings is 1. The highest BCUT2D eigenvalue weighted by Crippen LogP contribution is 2.17. The zero-order valence-electron chi connectivity index (χ0n) is 13.4. The molecular weight excluding hydrogens is 379 g/mol. The molecule has 0 atom stereocenters. The summed E-state index contributed by atoms with van der Waals surface area (Å²) in [4.78, 5) is 8.75. The highest BCUT2D eigenvalue weighted by molar-refractivity contribution is 9.10. The number of rotatable bonds is 5. The van der Waals surface area contributed by atoms with Crippen molar-refractivity contribution in [2.24, 2.45) is 4.99 Å². The van der Waals surface area contributed by atoms with E-state index in [4.69, 9.17) is 0 Å². The molecule has 0 amide bonds. The Morgan fingerprint density at radius 1 is 1.30 bits per heavy atom. The van der Waals surface area contributed by atoms with Crippen molar-refractivity contribution < 1.29 is 4.39 Å². The minimum Gasteiger partial charge on any atom is -0.352 e. The van der Waals surface area contributed by atoms with E-state index in [-0.39, 0.29) is 5.82 Å². The number of halogens is 2. The lowest BCUT2D eigenvalue weighted by molar-refractivity contribution is 0.623. The Morgan fingerprint density at radius 2 is 2.04 bits per heavy atom. The van der Waals surface area contributed by atoms with Gasteiger partial charge >= 0.3 is 0 Å². The molecule has 2 rings (SSSR count). The number of hydrogen-bond donors (Lipinski definition) is 2. The van der Waals surface area contributed by atoms with E-state index in [0.717, 1.165) is 20.7 Å². The number of guanidine groups is 1. The molecule has 0 unspecified atom stereocenters. The summed E-state index contributed by atoms with van der Waals surface area (Å²) in [5.74, 6) is 0.832. The second kappa shape index (κ2) is 8.40. The third kappa shape index (κ3) is 5.58. The molecule has 0 aliphatic heterocycles. The highest BCUT2D eigenvalue weighted by Gasteiger charge is 2.06. The zero-order chi connectivity index (χ0) is 16.8. The number of thiazole rings is 1. The van der Waals surface area contributed by atoms with Crippen LogP contribution in [0.1, 0.15) is 36.0 Å². The topological polar surface area (TPSA) is 49.3 Å². The average Bonchev–Trinajstić information content (AvgIpc) is 2.95. The normalized spacial score (nSPS) is 11.8. The predicted octanol–water partition coefficient (Wildman–Crippen LogP) is 4.03. The van der Waals surface area contributed by atoms with Crippen LogP contribution in [0.2, 0.25) is 0 Å². The maximum absolute atomic E-state index is 13.4. The SMILES string of the molecule is CN=C(NCc1cc(F)cc(Br)c1)NCc1nc(C(C)C)cs1. The zero-order valence-corrected chi connectivity index (χ0v) is 15.8. The van der Waals surface area contributed by atoms with E-state index in [1.54, 1.807) is 18.4 Å².